The quantitative estimate of drug-likeness (QED) is 0.836. The van der Waals surface area contributed by atoms with Crippen LogP contribution in [-0.4, -0.2) is 0 Å². The molecule has 0 amide bonds. The van der Waals surface area contributed by atoms with Gasteiger partial charge in [-0.2, -0.15) is 21.0 Å². The van der Waals surface area contributed by atoms with Gasteiger partial charge in [-0.05, 0) is 35.4 Å². The van der Waals surface area contributed by atoms with E-state index in [-0.39, 0.29) is 22.3 Å². The summed E-state index contributed by atoms with van der Waals surface area (Å²) in [5.41, 5.74) is -1.19. The Morgan fingerprint density at radius 3 is 1.08 bits per heavy atom. The average molecular weight is 332 g/mol. The Morgan fingerprint density at radius 2 is 0.880 bits per heavy atom. The first-order valence-electron chi connectivity index (χ1n) is 7.08. The highest BCUT2D eigenvalue weighted by Gasteiger charge is 2.28. The Bertz CT molecular complexity index is 888. The maximum Gasteiger partial charge on any atom is 0.158 e. The zero-order valence-electron chi connectivity index (χ0n) is 13.4. The lowest BCUT2D eigenvalue weighted by Gasteiger charge is -2.27. The fourth-order valence-electron chi connectivity index (χ4n) is 2.46. The molecule has 4 nitrogen and oxygen atoms in total. The Labute approximate surface area is 143 Å². The highest BCUT2D eigenvalue weighted by Crippen LogP contribution is 2.35. The van der Waals surface area contributed by atoms with E-state index < -0.39 is 17.0 Å². The molecule has 2 aromatic carbocycles. The largest absolute Gasteiger partial charge is 0.204 e. The molecule has 0 heterocycles. The van der Waals surface area contributed by atoms with E-state index in [9.17, 15) is 8.78 Å². The van der Waals surface area contributed by atoms with Crippen molar-refractivity contribution in [2.45, 2.75) is 19.3 Å². The van der Waals surface area contributed by atoms with Gasteiger partial charge in [-0.25, -0.2) is 8.78 Å². The Morgan fingerprint density at radius 1 is 0.640 bits per heavy atom. The second kappa shape index (κ2) is 6.40. The Balaban J connectivity index is 2.77. The van der Waals surface area contributed by atoms with Crippen LogP contribution in [0.2, 0.25) is 0 Å². The van der Waals surface area contributed by atoms with Crippen LogP contribution in [0.1, 0.15) is 47.2 Å². The molecule has 0 unspecified atom stereocenters. The molecule has 0 aromatic heterocycles. The van der Waals surface area contributed by atoms with E-state index in [1.54, 1.807) is 38.1 Å². The molecule has 0 fully saturated rings. The summed E-state index contributed by atoms with van der Waals surface area (Å²) in [6.07, 6.45) is 0. The van der Waals surface area contributed by atoms with Gasteiger partial charge in [0.15, 0.2) is 11.6 Å². The van der Waals surface area contributed by atoms with Gasteiger partial charge in [-0.3, -0.25) is 0 Å². The van der Waals surface area contributed by atoms with Gasteiger partial charge in [0.05, 0.1) is 22.3 Å². The molecule has 120 valence electrons. The molecular weight excluding hydrogens is 322 g/mol. The lowest BCUT2D eigenvalue weighted by atomic mass is 9.76. The summed E-state index contributed by atoms with van der Waals surface area (Å²) in [7, 11) is 0. The summed E-state index contributed by atoms with van der Waals surface area (Å²) >= 11 is 0. The maximum absolute atomic E-state index is 14.0. The third kappa shape index (κ3) is 2.90. The first-order valence-corrected chi connectivity index (χ1v) is 7.08. The van der Waals surface area contributed by atoms with Crippen LogP contribution in [0.15, 0.2) is 24.3 Å². The van der Waals surface area contributed by atoms with Crippen molar-refractivity contribution >= 4 is 0 Å². The van der Waals surface area contributed by atoms with Gasteiger partial charge in [0.25, 0.3) is 0 Å². The van der Waals surface area contributed by atoms with E-state index in [0.717, 1.165) is 0 Å². The standard InChI is InChI=1S/C19H10F2N4/c1-19(2,15-3-11(7-22)17(20)12(4-15)8-23)16-5-13(9-24)18(21)14(6-16)10-25/h3-6H,1-2H3. The van der Waals surface area contributed by atoms with Crippen molar-refractivity contribution in [2.24, 2.45) is 0 Å². The van der Waals surface area contributed by atoms with Gasteiger partial charge in [0, 0.05) is 5.41 Å². The summed E-state index contributed by atoms with van der Waals surface area (Å²) < 4.78 is 27.9. The van der Waals surface area contributed by atoms with Crippen molar-refractivity contribution in [1.82, 2.24) is 0 Å². The number of hydrogen-bond donors (Lipinski definition) is 0. The van der Waals surface area contributed by atoms with Crippen LogP contribution in [0.4, 0.5) is 8.78 Å². The predicted octanol–water partition coefficient (Wildman–Crippen LogP) is 3.78. The van der Waals surface area contributed by atoms with Crippen molar-refractivity contribution < 1.29 is 8.78 Å². The third-order valence-corrected chi connectivity index (χ3v) is 4.07. The van der Waals surface area contributed by atoms with Gasteiger partial charge in [0.1, 0.15) is 24.3 Å². The van der Waals surface area contributed by atoms with Crippen molar-refractivity contribution in [1.29, 1.82) is 21.0 Å². The van der Waals surface area contributed by atoms with Crippen LogP contribution in [0, 0.1) is 57.0 Å². The van der Waals surface area contributed by atoms with E-state index in [4.69, 9.17) is 21.0 Å². The Kier molecular flexibility index (Phi) is 4.51. The molecular formula is C19H10F2N4. The zero-order chi connectivity index (χ0) is 18.8. The van der Waals surface area contributed by atoms with Crippen LogP contribution in [0.25, 0.3) is 0 Å². The van der Waals surface area contributed by atoms with E-state index in [2.05, 4.69) is 0 Å². The number of benzene rings is 2. The smallest absolute Gasteiger partial charge is 0.158 e. The molecule has 2 aromatic rings. The van der Waals surface area contributed by atoms with Crippen LogP contribution in [0.5, 0.6) is 0 Å². The number of nitriles is 4. The molecule has 0 saturated carbocycles. The molecule has 0 atom stereocenters. The van der Waals surface area contributed by atoms with Gasteiger partial charge >= 0.3 is 0 Å². The second-order valence-electron chi connectivity index (χ2n) is 5.84. The molecule has 0 radical (unpaired) electrons. The topological polar surface area (TPSA) is 95.2 Å². The maximum atomic E-state index is 14.0. The van der Waals surface area contributed by atoms with Crippen LogP contribution in [0.3, 0.4) is 0 Å². The number of hydrogen-bond acceptors (Lipinski definition) is 4. The molecule has 2 rings (SSSR count). The zero-order valence-corrected chi connectivity index (χ0v) is 13.4. The molecule has 0 N–H and O–H groups in total. The van der Waals surface area contributed by atoms with Gasteiger partial charge in [-0.1, -0.05) is 13.8 Å². The highest BCUT2D eigenvalue weighted by atomic mass is 19.1. The molecule has 0 aliphatic heterocycles. The number of rotatable bonds is 2. The number of halogens is 2. The van der Waals surface area contributed by atoms with E-state index in [0.29, 0.717) is 11.1 Å². The van der Waals surface area contributed by atoms with Crippen LogP contribution < -0.4 is 0 Å². The fraction of sp³-hybridized carbons (Fsp3) is 0.158. The summed E-state index contributed by atoms with van der Waals surface area (Å²) in [4.78, 5) is 0. The van der Waals surface area contributed by atoms with Gasteiger partial charge in [-0.15, -0.1) is 0 Å². The first-order chi connectivity index (χ1) is 11.8. The predicted molar refractivity (Wildman–Crippen MR) is 83.8 cm³/mol. The monoisotopic (exact) mass is 332 g/mol. The molecule has 25 heavy (non-hydrogen) atoms. The summed E-state index contributed by atoms with van der Waals surface area (Å²) in [6.45, 7) is 3.41. The highest BCUT2D eigenvalue weighted by molar-refractivity contribution is 5.52. The van der Waals surface area contributed by atoms with Gasteiger partial charge < -0.3 is 0 Å². The van der Waals surface area contributed by atoms with Crippen molar-refractivity contribution in [3.8, 4) is 24.3 Å². The lowest BCUT2D eigenvalue weighted by molar-refractivity contribution is 0.599. The lowest BCUT2D eigenvalue weighted by Crippen LogP contribution is -2.20. The fourth-order valence-corrected chi connectivity index (χ4v) is 2.46. The van der Waals surface area contributed by atoms with Gasteiger partial charge in [0.2, 0.25) is 0 Å². The van der Waals surface area contributed by atoms with Crippen molar-refractivity contribution in [3.63, 3.8) is 0 Å². The minimum absolute atomic E-state index is 0.287. The second-order valence-corrected chi connectivity index (χ2v) is 5.84. The summed E-state index contributed by atoms with van der Waals surface area (Å²) in [5.74, 6) is -1.81. The average Bonchev–Trinajstić information content (AvgIpc) is 2.61. The minimum atomic E-state index is -0.907. The normalized spacial score (nSPS) is 10.2. The van der Waals surface area contributed by atoms with Crippen molar-refractivity contribution in [2.75, 3.05) is 0 Å². The molecule has 0 aliphatic rings. The Hall–Kier alpha value is -3.74. The minimum Gasteiger partial charge on any atom is -0.204 e. The van der Waals surface area contributed by atoms with Crippen LogP contribution >= 0.6 is 0 Å². The number of nitrogens with zero attached hydrogens (tertiary/aromatic N) is 4. The summed E-state index contributed by atoms with van der Waals surface area (Å²) in [6, 6.07) is 12.0. The van der Waals surface area contributed by atoms with Crippen molar-refractivity contribution in [3.05, 3.63) is 69.3 Å². The molecule has 0 saturated heterocycles. The molecule has 0 bridgehead atoms. The molecule has 0 spiro atoms. The third-order valence-electron chi connectivity index (χ3n) is 4.07. The van der Waals surface area contributed by atoms with Crippen LogP contribution in [-0.2, 0) is 5.41 Å². The molecule has 0 aliphatic carbocycles. The van der Waals surface area contributed by atoms with E-state index >= 15 is 0 Å². The first kappa shape index (κ1) is 17.6. The SMILES string of the molecule is CC(C)(c1cc(C#N)c(F)c(C#N)c1)c1cc(C#N)c(F)c(C#N)c1. The van der Waals surface area contributed by atoms with E-state index in [1.807, 2.05) is 0 Å². The summed E-state index contributed by atoms with van der Waals surface area (Å²) in [5, 5.41) is 36.3. The molecule has 6 heteroatoms. The van der Waals surface area contributed by atoms with E-state index in [1.165, 1.54) is 24.3 Å².